The van der Waals surface area contributed by atoms with Gasteiger partial charge in [-0.05, 0) is 12.1 Å². The van der Waals surface area contributed by atoms with Crippen molar-refractivity contribution < 1.29 is 29.0 Å². The molecule has 2 N–H and O–H groups in total. The fraction of sp³-hybridized carbons (Fsp3) is 0.455. The second kappa shape index (κ2) is 5.19. The smallest absolute Gasteiger partial charge is 0.371 e. The molecule has 1 fully saturated rings. The molecule has 2 heterocycles. The highest BCUT2D eigenvalue weighted by atomic mass is 16.5. The number of aliphatic hydroxyl groups excluding tert-OH is 1. The maximum Gasteiger partial charge on any atom is 0.371 e. The van der Waals surface area contributed by atoms with Crippen LogP contribution in [0, 0.1) is 0 Å². The van der Waals surface area contributed by atoms with Crippen molar-refractivity contribution in [1.29, 1.82) is 0 Å². The van der Waals surface area contributed by atoms with Gasteiger partial charge < -0.3 is 24.3 Å². The zero-order valence-corrected chi connectivity index (χ0v) is 9.54. The van der Waals surface area contributed by atoms with Crippen LogP contribution < -0.4 is 0 Å². The van der Waals surface area contributed by atoms with Crippen molar-refractivity contribution in [1.82, 2.24) is 4.90 Å². The van der Waals surface area contributed by atoms with Crippen LogP contribution >= 0.6 is 0 Å². The quantitative estimate of drug-likeness (QED) is 0.776. The lowest BCUT2D eigenvalue weighted by atomic mass is 10.2. The SMILES string of the molecule is O=C(O)c1ccc(C(=O)N2CCOC(CO)C2)o1. The second-order valence-electron chi connectivity index (χ2n) is 3.90. The van der Waals surface area contributed by atoms with Gasteiger partial charge >= 0.3 is 5.97 Å². The minimum atomic E-state index is -1.22. The van der Waals surface area contributed by atoms with E-state index in [2.05, 4.69) is 0 Å². The molecule has 1 aromatic rings. The number of ether oxygens (including phenoxy) is 1. The number of amides is 1. The summed E-state index contributed by atoms with van der Waals surface area (Å²) in [6.07, 6.45) is -0.406. The highest BCUT2D eigenvalue weighted by Gasteiger charge is 2.26. The van der Waals surface area contributed by atoms with Crippen molar-refractivity contribution in [2.24, 2.45) is 0 Å². The van der Waals surface area contributed by atoms with Crippen LogP contribution in [0.3, 0.4) is 0 Å². The first-order chi connectivity index (χ1) is 8.61. The number of carbonyl (C=O) groups excluding carboxylic acids is 1. The Balaban J connectivity index is 2.07. The first-order valence-corrected chi connectivity index (χ1v) is 5.46. The van der Waals surface area contributed by atoms with Gasteiger partial charge in [-0.25, -0.2) is 4.79 Å². The molecule has 1 amide bonds. The van der Waals surface area contributed by atoms with Crippen LogP contribution in [0.4, 0.5) is 0 Å². The number of hydrogen-bond donors (Lipinski definition) is 2. The first kappa shape index (κ1) is 12.6. The summed E-state index contributed by atoms with van der Waals surface area (Å²) in [6.45, 7) is 0.822. The zero-order chi connectivity index (χ0) is 13.1. The summed E-state index contributed by atoms with van der Waals surface area (Å²) >= 11 is 0. The van der Waals surface area contributed by atoms with Gasteiger partial charge in [0.1, 0.15) is 0 Å². The fourth-order valence-electron chi connectivity index (χ4n) is 1.74. The van der Waals surface area contributed by atoms with Crippen LogP contribution in [0.2, 0.25) is 0 Å². The summed E-state index contributed by atoms with van der Waals surface area (Å²) in [7, 11) is 0. The molecule has 98 valence electrons. The molecule has 0 spiro atoms. The van der Waals surface area contributed by atoms with E-state index >= 15 is 0 Å². The number of carboxylic acid groups (broad SMARTS) is 1. The van der Waals surface area contributed by atoms with Crippen LogP contribution in [0.15, 0.2) is 16.5 Å². The summed E-state index contributed by atoms with van der Waals surface area (Å²) in [4.78, 5) is 24.1. The molecule has 18 heavy (non-hydrogen) atoms. The average Bonchev–Trinajstić information content (AvgIpc) is 2.87. The van der Waals surface area contributed by atoms with Crippen LogP contribution in [0.1, 0.15) is 21.1 Å². The molecule has 1 aromatic heterocycles. The zero-order valence-electron chi connectivity index (χ0n) is 9.54. The van der Waals surface area contributed by atoms with Gasteiger partial charge in [0.15, 0.2) is 5.76 Å². The van der Waals surface area contributed by atoms with Gasteiger partial charge in [-0.1, -0.05) is 0 Å². The Labute approximate surface area is 103 Å². The molecule has 2 rings (SSSR count). The van der Waals surface area contributed by atoms with Gasteiger partial charge in [-0.3, -0.25) is 4.79 Å². The number of rotatable bonds is 3. The van der Waals surface area contributed by atoms with Gasteiger partial charge in [-0.2, -0.15) is 0 Å². The fourth-order valence-corrected chi connectivity index (χ4v) is 1.74. The van der Waals surface area contributed by atoms with Crippen molar-refractivity contribution in [2.45, 2.75) is 6.10 Å². The maximum atomic E-state index is 12.0. The summed E-state index contributed by atoms with van der Waals surface area (Å²) < 4.78 is 10.2. The van der Waals surface area contributed by atoms with E-state index < -0.39 is 18.0 Å². The Morgan fingerprint density at radius 3 is 2.72 bits per heavy atom. The Morgan fingerprint density at radius 1 is 1.39 bits per heavy atom. The van der Waals surface area contributed by atoms with E-state index in [0.717, 1.165) is 0 Å². The van der Waals surface area contributed by atoms with Crippen molar-refractivity contribution in [3.05, 3.63) is 23.7 Å². The van der Waals surface area contributed by atoms with Crippen LogP contribution in [0.5, 0.6) is 0 Å². The molecule has 1 aliphatic rings. The largest absolute Gasteiger partial charge is 0.475 e. The number of morpholine rings is 1. The van der Waals surface area contributed by atoms with E-state index in [9.17, 15) is 9.59 Å². The predicted octanol–water partition coefficient (Wildman–Crippen LogP) is -0.189. The molecule has 1 unspecified atom stereocenters. The van der Waals surface area contributed by atoms with Crippen LogP contribution in [0.25, 0.3) is 0 Å². The van der Waals surface area contributed by atoms with Crippen molar-refractivity contribution in [2.75, 3.05) is 26.3 Å². The molecule has 0 aromatic carbocycles. The minimum absolute atomic E-state index is 0.0222. The minimum Gasteiger partial charge on any atom is -0.475 e. The summed E-state index contributed by atoms with van der Waals surface area (Å²) in [6, 6.07) is 2.56. The number of aromatic carboxylic acids is 1. The lowest BCUT2D eigenvalue weighted by Gasteiger charge is -2.31. The maximum absolute atomic E-state index is 12.0. The van der Waals surface area contributed by atoms with E-state index in [4.69, 9.17) is 19.4 Å². The van der Waals surface area contributed by atoms with Gasteiger partial charge in [0, 0.05) is 13.1 Å². The molecule has 0 radical (unpaired) electrons. The molecule has 1 aliphatic heterocycles. The van der Waals surface area contributed by atoms with Gasteiger partial charge in [0.2, 0.25) is 5.76 Å². The molecule has 7 nitrogen and oxygen atoms in total. The Hall–Kier alpha value is -1.86. The van der Waals surface area contributed by atoms with Gasteiger partial charge in [0.05, 0.1) is 19.3 Å². The van der Waals surface area contributed by atoms with Crippen molar-refractivity contribution in [3.63, 3.8) is 0 Å². The average molecular weight is 255 g/mol. The van der Waals surface area contributed by atoms with E-state index in [1.165, 1.54) is 17.0 Å². The lowest BCUT2D eigenvalue weighted by Crippen LogP contribution is -2.46. The van der Waals surface area contributed by atoms with Gasteiger partial charge in [0.25, 0.3) is 5.91 Å². The van der Waals surface area contributed by atoms with E-state index in [1.807, 2.05) is 0 Å². The topological polar surface area (TPSA) is 100 Å². The van der Waals surface area contributed by atoms with Crippen molar-refractivity contribution in [3.8, 4) is 0 Å². The van der Waals surface area contributed by atoms with Gasteiger partial charge in [-0.15, -0.1) is 0 Å². The number of furan rings is 1. The second-order valence-corrected chi connectivity index (χ2v) is 3.90. The Kier molecular flexibility index (Phi) is 3.63. The van der Waals surface area contributed by atoms with E-state index in [-0.39, 0.29) is 24.7 Å². The summed E-state index contributed by atoms with van der Waals surface area (Å²) in [5.41, 5.74) is 0. The van der Waals surface area contributed by atoms with Crippen LogP contribution in [-0.4, -0.2) is 59.4 Å². The Morgan fingerprint density at radius 2 is 2.11 bits per heavy atom. The molecule has 1 saturated heterocycles. The molecular formula is C11H13NO6. The molecule has 7 heteroatoms. The number of carboxylic acids is 1. The number of aliphatic hydroxyl groups is 1. The van der Waals surface area contributed by atoms with E-state index in [1.54, 1.807) is 0 Å². The number of hydrogen-bond acceptors (Lipinski definition) is 5. The molecule has 0 aliphatic carbocycles. The first-order valence-electron chi connectivity index (χ1n) is 5.46. The molecule has 1 atom stereocenters. The summed E-state index contributed by atoms with van der Waals surface area (Å²) in [5.74, 6) is -1.91. The normalized spacial score (nSPS) is 19.8. The summed E-state index contributed by atoms with van der Waals surface area (Å²) in [5, 5.41) is 17.7. The highest BCUT2D eigenvalue weighted by molar-refractivity contribution is 5.93. The van der Waals surface area contributed by atoms with Crippen LogP contribution in [-0.2, 0) is 4.74 Å². The molecular weight excluding hydrogens is 242 g/mol. The monoisotopic (exact) mass is 255 g/mol. The van der Waals surface area contributed by atoms with Crippen molar-refractivity contribution >= 4 is 11.9 Å². The third-order valence-corrected chi connectivity index (χ3v) is 2.66. The molecule has 0 bridgehead atoms. The van der Waals surface area contributed by atoms with E-state index in [0.29, 0.717) is 13.2 Å². The predicted molar refractivity (Wildman–Crippen MR) is 58.4 cm³/mol. The number of carbonyl (C=O) groups is 2. The molecule has 0 saturated carbocycles. The lowest BCUT2D eigenvalue weighted by molar-refractivity contribution is -0.0454. The number of nitrogens with zero attached hydrogens (tertiary/aromatic N) is 1. The standard InChI is InChI=1S/C11H13NO6/c13-6-7-5-12(3-4-17-7)10(14)8-1-2-9(18-8)11(15)16/h1-2,7,13H,3-6H2,(H,15,16). The highest BCUT2D eigenvalue weighted by Crippen LogP contribution is 2.13. The third-order valence-electron chi connectivity index (χ3n) is 2.66. The Bertz CT molecular complexity index is 454. The third kappa shape index (κ3) is 2.52.